The lowest BCUT2D eigenvalue weighted by atomic mass is 10.4. The first kappa shape index (κ1) is 14.3. The van der Waals surface area contributed by atoms with E-state index in [1.165, 1.54) is 19.4 Å². The maximum Gasteiger partial charge on any atom is 0.243 e. The van der Waals surface area contributed by atoms with Gasteiger partial charge in [0.25, 0.3) is 0 Å². The quantitative estimate of drug-likeness (QED) is 0.767. The minimum atomic E-state index is -3.76. The van der Waals surface area contributed by atoms with E-state index >= 15 is 0 Å². The van der Waals surface area contributed by atoms with E-state index in [2.05, 4.69) is 14.4 Å². The summed E-state index contributed by atoms with van der Waals surface area (Å²) in [6.45, 7) is -0.106. The molecule has 0 fully saturated rings. The summed E-state index contributed by atoms with van der Waals surface area (Å²) >= 11 is 5.74. The number of aliphatic hydroxyl groups is 1. The van der Waals surface area contributed by atoms with Crippen molar-refractivity contribution in [1.82, 2.24) is 9.71 Å². The number of hydrogen-bond acceptors (Lipinski definition) is 5. The molecule has 1 aromatic rings. The zero-order valence-corrected chi connectivity index (χ0v) is 10.7. The van der Waals surface area contributed by atoms with E-state index in [1.54, 1.807) is 0 Å². The zero-order chi connectivity index (χ0) is 12.9. The predicted octanol–water partition coefficient (Wildman–Crippen LogP) is 0.0206. The molecule has 17 heavy (non-hydrogen) atoms. The number of sulfonamides is 1. The Bertz CT molecular complexity index is 466. The van der Waals surface area contributed by atoms with E-state index < -0.39 is 16.1 Å². The van der Waals surface area contributed by atoms with Crippen molar-refractivity contribution in [3.8, 4) is 0 Å². The van der Waals surface area contributed by atoms with Gasteiger partial charge >= 0.3 is 0 Å². The van der Waals surface area contributed by atoms with Crippen molar-refractivity contribution >= 4 is 21.6 Å². The summed E-state index contributed by atoms with van der Waals surface area (Å²) in [5, 5.41) is 9.41. The Morgan fingerprint density at radius 1 is 1.65 bits per heavy atom. The van der Waals surface area contributed by atoms with E-state index in [0.717, 1.165) is 6.20 Å². The van der Waals surface area contributed by atoms with E-state index in [4.69, 9.17) is 11.6 Å². The van der Waals surface area contributed by atoms with Crippen molar-refractivity contribution in [1.29, 1.82) is 0 Å². The largest absolute Gasteiger partial charge is 0.389 e. The number of hydrogen-bond donors (Lipinski definition) is 2. The average Bonchev–Trinajstić information content (AvgIpc) is 2.27. The van der Waals surface area contributed by atoms with Crippen molar-refractivity contribution < 1.29 is 18.3 Å². The van der Waals surface area contributed by atoms with Crippen LogP contribution in [-0.2, 0) is 14.8 Å². The van der Waals surface area contributed by atoms with Crippen molar-refractivity contribution in [3.63, 3.8) is 0 Å². The van der Waals surface area contributed by atoms with Gasteiger partial charge in [0.05, 0.1) is 17.7 Å². The second-order valence-corrected chi connectivity index (χ2v) is 5.41. The van der Waals surface area contributed by atoms with Gasteiger partial charge in [0, 0.05) is 26.0 Å². The Hall–Kier alpha value is -0.730. The SMILES string of the molecule is COCC(O)CNS(=O)(=O)c1cnccc1Cl. The third-order valence-electron chi connectivity index (χ3n) is 1.89. The fourth-order valence-electron chi connectivity index (χ4n) is 1.10. The van der Waals surface area contributed by atoms with Gasteiger partial charge in [0.15, 0.2) is 0 Å². The molecule has 0 amide bonds. The first-order valence-corrected chi connectivity index (χ1v) is 6.59. The first-order chi connectivity index (χ1) is 7.97. The molecule has 2 N–H and O–H groups in total. The lowest BCUT2D eigenvalue weighted by molar-refractivity contribution is 0.0679. The topological polar surface area (TPSA) is 88.5 Å². The maximum atomic E-state index is 11.8. The molecule has 6 nitrogen and oxygen atoms in total. The third-order valence-corrected chi connectivity index (χ3v) is 3.78. The molecule has 0 aliphatic heterocycles. The van der Waals surface area contributed by atoms with Crippen LogP contribution in [0.1, 0.15) is 0 Å². The standard InChI is InChI=1S/C9H13ClN2O4S/c1-16-6-7(13)4-12-17(14,15)9-5-11-3-2-8(9)10/h2-3,5,7,12-13H,4,6H2,1H3. The molecular formula is C9H13ClN2O4S. The summed E-state index contributed by atoms with van der Waals surface area (Å²) < 4.78 is 30.4. The van der Waals surface area contributed by atoms with Crippen LogP contribution in [0, 0.1) is 0 Å². The van der Waals surface area contributed by atoms with Gasteiger partial charge in [0.2, 0.25) is 10.0 Å². The first-order valence-electron chi connectivity index (χ1n) is 4.73. The van der Waals surface area contributed by atoms with E-state index in [1.807, 2.05) is 0 Å². The number of halogens is 1. The number of aromatic nitrogens is 1. The van der Waals surface area contributed by atoms with Gasteiger partial charge < -0.3 is 9.84 Å². The molecule has 0 radical (unpaired) electrons. The molecule has 8 heteroatoms. The van der Waals surface area contributed by atoms with Crippen LogP contribution in [-0.4, -0.2) is 44.9 Å². The molecule has 96 valence electrons. The molecule has 1 rings (SSSR count). The fraction of sp³-hybridized carbons (Fsp3) is 0.444. The Morgan fingerprint density at radius 2 is 2.35 bits per heavy atom. The molecule has 1 aromatic heterocycles. The normalized spacial score (nSPS) is 13.6. The second kappa shape index (κ2) is 6.27. The van der Waals surface area contributed by atoms with Gasteiger partial charge in [-0.2, -0.15) is 0 Å². The number of pyridine rings is 1. The summed E-state index contributed by atoms with van der Waals surface area (Å²) in [6.07, 6.45) is 1.62. The fourth-order valence-corrected chi connectivity index (χ4v) is 2.60. The van der Waals surface area contributed by atoms with Crippen LogP contribution < -0.4 is 4.72 Å². The number of nitrogens with zero attached hydrogens (tertiary/aromatic N) is 1. The number of methoxy groups -OCH3 is 1. The summed E-state index contributed by atoms with van der Waals surface area (Å²) in [5.74, 6) is 0. The van der Waals surface area contributed by atoms with Crippen molar-refractivity contribution in [2.75, 3.05) is 20.3 Å². The van der Waals surface area contributed by atoms with Gasteiger partial charge in [0.1, 0.15) is 4.90 Å². The van der Waals surface area contributed by atoms with Crippen molar-refractivity contribution in [2.24, 2.45) is 0 Å². The highest BCUT2D eigenvalue weighted by Crippen LogP contribution is 2.18. The van der Waals surface area contributed by atoms with Crippen LogP contribution in [0.5, 0.6) is 0 Å². The highest BCUT2D eigenvalue weighted by atomic mass is 35.5. The average molecular weight is 281 g/mol. The van der Waals surface area contributed by atoms with Gasteiger partial charge in [-0.25, -0.2) is 13.1 Å². The Labute approximate surface area is 105 Å². The lowest BCUT2D eigenvalue weighted by Crippen LogP contribution is -2.34. The number of aliphatic hydroxyl groups excluding tert-OH is 1. The van der Waals surface area contributed by atoms with Crippen LogP contribution in [0.3, 0.4) is 0 Å². The molecule has 0 saturated carbocycles. The van der Waals surface area contributed by atoms with Gasteiger partial charge in [-0.15, -0.1) is 0 Å². The highest BCUT2D eigenvalue weighted by Gasteiger charge is 2.18. The summed E-state index contributed by atoms with van der Waals surface area (Å²) in [6, 6.07) is 1.38. The molecule has 0 saturated heterocycles. The van der Waals surface area contributed by atoms with Crippen LogP contribution in [0.15, 0.2) is 23.4 Å². The van der Waals surface area contributed by atoms with Crippen LogP contribution in [0.25, 0.3) is 0 Å². The highest BCUT2D eigenvalue weighted by molar-refractivity contribution is 7.89. The smallest absolute Gasteiger partial charge is 0.243 e. The van der Waals surface area contributed by atoms with Crippen LogP contribution in [0.2, 0.25) is 5.02 Å². The van der Waals surface area contributed by atoms with Crippen LogP contribution in [0.4, 0.5) is 0 Å². The number of rotatable bonds is 6. The van der Waals surface area contributed by atoms with Gasteiger partial charge in [-0.1, -0.05) is 11.6 Å². The van der Waals surface area contributed by atoms with Crippen molar-refractivity contribution in [3.05, 3.63) is 23.5 Å². The minimum absolute atomic E-state index is 0.0449. The van der Waals surface area contributed by atoms with E-state index in [0.29, 0.717) is 0 Å². The second-order valence-electron chi connectivity index (χ2n) is 3.27. The summed E-state index contributed by atoms with van der Waals surface area (Å²) in [7, 11) is -2.35. The zero-order valence-electron chi connectivity index (χ0n) is 9.13. The minimum Gasteiger partial charge on any atom is -0.389 e. The molecule has 1 atom stereocenters. The molecular weight excluding hydrogens is 268 g/mol. The van der Waals surface area contributed by atoms with Crippen molar-refractivity contribution in [2.45, 2.75) is 11.0 Å². The molecule has 0 aliphatic carbocycles. The number of ether oxygens (including phenoxy) is 1. The molecule has 0 spiro atoms. The Kier molecular flexibility index (Phi) is 5.29. The summed E-state index contributed by atoms with van der Waals surface area (Å²) in [4.78, 5) is 3.57. The Balaban J connectivity index is 2.73. The van der Waals surface area contributed by atoms with Gasteiger partial charge in [-0.3, -0.25) is 4.98 Å². The molecule has 0 aromatic carbocycles. The predicted molar refractivity (Wildman–Crippen MR) is 62.3 cm³/mol. The molecule has 0 bridgehead atoms. The monoisotopic (exact) mass is 280 g/mol. The maximum absolute atomic E-state index is 11.8. The molecule has 1 heterocycles. The van der Waals surface area contributed by atoms with Crippen LogP contribution >= 0.6 is 11.6 Å². The molecule has 0 aliphatic rings. The lowest BCUT2D eigenvalue weighted by Gasteiger charge is -2.11. The Morgan fingerprint density at radius 3 is 2.94 bits per heavy atom. The van der Waals surface area contributed by atoms with E-state index in [9.17, 15) is 13.5 Å². The third kappa shape index (κ3) is 4.21. The molecule has 1 unspecified atom stereocenters. The summed E-state index contributed by atoms with van der Waals surface area (Å²) in [5.41, 5.74) is 0. The van der Waals surface area contributed by atoms with Gasteiger partial charge in [-0.05, 0) is 6.07 Å². The number of nitrogens with one attached hydrogen (secondary N) is 1. The van der Waals surface area contributed by atoms with E-state index in [-0.39, 0.29) is 23.1 Å².